The van der Waals surface area contributed by atoms with Gasteiger partial charge >= 0.3 is 0 Å². The SMILES string of the molecule is Cc1ccc(-n2nc(C(C)(C)C)cc2NC(=O)c2csc(CN)n2)cc1. The van der Waals surface area contributed by atoms with Gasteiger partial charge in [0.15, 0.2) is 0 Å². The molecule has 7 heteroatoms. The van der Waals surface area contributed by atoms with Gasteiger partial charge in [-0.15, -0.1) is 11.3 Å². The molecule has 3 aromatic rings. The van der Waals surface area contributed by atoms with E-state index in [0.717, 1.165) is 16.4 Å². The molecule has 0 aliphatic heterocycles. The first-order chi connectivity index (χ1) is 12.3. The molecule has 1 amide bonds. The summed E-state index contributed by atoms with van der Waals surface area (Å²) in [5.74, 6) is 0.348. The predicted molar refractivity (Wildman–Crippen MR) is 105 cm³/mol. The minimum atomic E-state index is -0.269. The van der Waals surface area contributed by atoms with E-state index in [2.05, 4.69) is 31.1 Å². The molecule has 0 aliphatic rings. The summed E-state index contributed by atoms with van der Waals surface area (Å²) in [5.41, 5.74) is 8.77. The molecule has 0 radical (unpaired) electrons. The molecule has 2 aromatic heterocycles. The van der Waals surface area contributed by atoms with Gasteiger partial charge in [0.2, 0.25) is 0 Å². The number of aryl methyl sites for hydroxylation is 1. The number of nitrogens with one attached hydrogen (secondary N) is 1. The Balaban J connectivity index is 1.97. The molecule has 0 saturated carbocycles. The number of hydrogen-bond donors (Lipinski definition) is 2. The Morgan fingerprint density at radius 3 is 2.54 bits per heavy atom. The van der Waals surface area contributed by atoms with Crippen molar-refractivity contribution < 1.29 is 4.79 Å². The van der Waals surface area contributed by atoms with Crippen LogP contribution in [0.3, 0.4) is 0 Å². The highest BCUT2D eigenvalue weighted by Crippen LogP contribution is 2.27. The van der Waals surface area contributed by atoms with Crippen LogP contribution in [0.2, 0.25) is 0 Å². The molecule has 2 heterocycles. The van der Waals surface area contributed by atoms with Gasteiger partial charge in [-0.1, -0.05) is 38.5 Å². The fourth-order valence-corrected chi connectivity index (χ4v) is 3.06. The Labute approximate surface area is 157 Å². The minimum Gasteiger partial charge on any atom is -0.325 e. The number of hydrogen-bond acceptors (Lipinski definition) is 5. The van der Waals surface area contributed by atoms with Crippen molar-refractivity contribution in [3.63, 3.8) is 0 Å². The lowest BCUT2D eigenvalue weighted by atomic mass is 9.92. The average Bonchev–Trinajstić information content (AvgIpc) is 3.22. The van der Waals surface area contributed by atoms with E-state index in [4.69, 9.17) is 10.8 Å². The average molecular weight is 369 g/mol. The zero-order valence-corrected chi connectivity index (χ0v) is 16.2. The van der Waals surface area contributed by atoms with Crippen LogP contribution in [0.1, 0.15) is 47.5 Å². The maximum Gasteiger partial charge on any atom is 0.276 e. The van der Waals surface area contributed by atoms with E-state index in [9.17, 15) is 4.79 Å². The van der Waals surface area contributed by atoms with Crippen molar-refractivity contribution in [1.29, 1.82) is 0 Å². The van der Waals surface area contributed by atoms with E-state index in [-0.39, 0.29) is 11.3 Å². The number of carbonyl (C=O) groups excluding carboxylic acids is 1. The van der Waals surface area contributed by atoms with Crippen LogP contribution in [-0.2, 0) is 12.0 Å². The maximum atomic E-state index is 12.6. The number of nitrogens with zero attached hydrogens (tertiary/aromatic N) is 3. The zero-order chi connectivity index (χ0) is 18.9. The third-order valence-corrected chi connectivity index (χ3v) is 4.83. The zero-order valence-electron chi connectivity index (χ0n) is 15.4. The van der Waals surface area contributed by atoms with Crippen molar-refractivity contribution in [2.24, 2.45) is 5.73 Å². The molecule has 1 aromatic carbocycles. The number of carbonyl (C=O) groups is 1. The van der Waals surface area contributed by atoms with Crippen molar-refractivity contribution in [1.82, 2.24) is 14.8 Å². The Hall–Kier alpha value is -2.51. The maximum absolute atomic E-state index is 12.6. The quantitative estimate of drug-likeness (QED) is 0.735. The van der Waals surface area contributed by atoms with E-state index >= 15 is 0 Å². The van der Waals surface area contributed by atoms with Gasteiger partial charge in [0, 0.05) is 23.4 Å². The van der Waals surface area contributed by atoms with Gasteiger partial charge in [-0.25, -0.2) is 9.67 Å². The van der Waals surface area contributed by atoms with Crippen LogP contribution < -0.4 is 11.1 Å². The van der Waals surface area contributed by atoms with Crippen LogP contribution in [0.4, 0.5) is 5.82 Å². The highest BCUT2D eigenvalue weighted by molar-refractivity contribution is 7.09. The van der Waals surface area contributed by atoms with Crippen molar-refractivity contribution in [2.75, 3.05) is 5.32 Å². The summed E-state index contributed by atoms with van der Waals surface area (Å²) >= 11 is 1.38. The topological polar surface area (TPSA) is 85.8 Å². The van der Waals surface area contributed by atoms with E-state index in [0.29, 0.717) is 18.1 Å². The summed E-state index contributed by atoms with van der Waals surface area (Å²) in [6.07, 6.45) is 0. The first-order valence-electron chi connectivity index (χ1n) is 8.41. The van der Waals surface area contributed by atoms with Gasteiger partial charge in [0.05, 0.1) is 11.4 Å². The summed E-state index contributed by atoms with van der Waals surface area (Å²) in [4.78, 5) is 16.8. The van der Waals surface area contributed by atoms with Crippen LogP contribution in [0.15, 0.2) is 35.7 Å². The number of rotatable bonds is 4. The second-order valence-electron chi connectivity index (χ2n) is 7.20. The molecule has 6 nitrogen and oxygen atoms in total. The summed E-state index contributed by atoms with van der Waals surface area (Å²) in [6, 6.07) is 9.92. The van der Waals surface area contributed by atoms with Crippen LogP contribution in [-0.4, -0.2) is 20.7 Å². The molecule has 0 aliphatic carbocycles. The van der Waals surface area contributed by atoms with Crippen molar-refractivity contribution >= 4 is 23.1 Å². The molecular formula is C19H23N5OS. The molecule has 3 N–H and O–H groups in total. The Morgan fingerprint density at radius 1 is 1.27 bits per heavy atom. The second-order valence-corrected chi connectivity index (χ2v) is 8.14. The van der Waals surface area contributed by atoms with Gasteiger partial charge < -0.3 is 11.1 Å². The standard InChI is InChI=1S/C19H23N5OS/c1-12-5-7-13(8-6-12)24-16(9-15(23-24)19(2,3)4)22-18(25)14-11-26-17(10-20)21-14/h5-9,11H,10,20H2,1-4H3,(H,22,25). The van der Waals surface area contributed by atoms with Crippen LogP contribution in [0.5, 0.6) is 0 Å². The number of thiazole rings is 1. The monoisotopic (exact) mass is 369 g/mol. The Bertz CT molecular complexity index is 918. The molecule has 26 heavy (non-hydrogen) atoms. The van der Waals surface area contributed by atoms with Crippen LogP contribution in [0, 0.1) is 6.92 Å². The number of nitrogens with two attached hydrogens (primary N) is 1. The first-order valence-corrected chi connectivity index (χ1v) is 9.29. The molecule has 3 rings (SSSR count). The summed E-state index contributed by atoms with van der Waals surface area (Å²) in [7, 11) is 0. The lowest BCUT2D eigenvalue weighted by molar-refractivity contribution is 0.102. The van der Waals surface area contributed by atoms with Crippen LogP contribution in [0.25, 0.3) is 5.69 Å². The molecule has 0 saturated heterocycles. The van der Waals surface area contributed by atoms with Gasteiger partial charge in [-0.05, 0) is 19.1 Å². The van der Waals surface area contributed by atoms with E-state index in [1.54, 1.807) is 10.1 Å². The van der Waals surface area contributed by atoms with Gasteiger partial charge in [0.25, 0.3) is 5.91 Å². The summed E-state index contributed by atoms with van der Waals surface area (Å²) < 4.78 is 1.76. The molecule has 0 atom stereocenters. The minimum absolute atomic E-state index is 0.136. The lowest BCUT2D eigenvalue weighted by Gasteiger charge is -2.14. The summed E-state index contributed by atoms with van der Waals surface area (Å²) in [6.45, 7) is 8.64. The Kier molecular flexibility index (Phi) is 4.93. The van der Waals surface area contributed by atoms with Crippen molar-refractivity contribution in [3.05, 3.63) is 57.7 Å². The van der Waals surface area contributed by atoms with Gasteiger partial charge in [0.1, 0.15) is 16.5 Å². The molecule has 0 spiro atoms. The third-order valence-electron chi connectivity index (χ3n) is 3.96. The highest BCUT2D eigenvalue weighted by atomic mass is 32.1. The Morgan fingerprint density at radius 2 is 1.96 bits per heavy atom. The number of benzene rings is 1. The van der Waals surface area contributed by atoms with E-state index in [1.165, 1.54) is 16.9 Å². The van der Waals surface area contributed by atoms with Gasteiger partial charge in [-0.3, -0.25) is 4.79 Å². The number of anilines is 1. The largest absolute Gasteiger partial charge is 0.325 e. The predicted octanol–water partition coefficient (Wildman–Crippen LogP) is 3.65. The smallest absolute Gasteiger partial charge is 0.276 e. The molecule has 136 valence electrons. The summed E-state index contributed by atoms with van der Waals surface area (Å²) in [5, 5.41) is 10.1. The molecule has 0 unspecified atom stereocenters. The third kappa shape index (κ3) is 3.84. The van der Waals surface area contributed by atoms with Gasteiger partial charge in [-0.2, -0.15) is 5.10 Å². The van der Waals surface area contributed by atoms with Crippen molar-refractivity contribution in [3.8, 4) is 5.69 Å². The molecule has 0 bridgehead atoms. The second kappa shape index (κ2) is 7.01. The molecular weight excluding hydrogens is 346 g/mol. The number of aromatic nitrogens is 3. The van der Waals surface area contributed by atoms with E-state index in [1.807, 2.05) is 37.3 Å². The van der Waals surface area contributed by atoms with E-state index < -0.39 is 0 Å². The number of amides is 1. The van der Waals surface area contributed by atoms with Crippen molar-refractivity contribution in [2.45, 2.75) is 39.7 Å². The van der Waals surface area contributed by atoms with Crippen LogP contribution >= 0.6 is 11.3 Å². The fourth-order valence-electron chi connectivity index (χ4n) is 2.41. The lowest BCUT2D eigenvalue weighted by Crippen LogP contribution is -2.16. The first kappa shape index (κ1) is 18.3. The normalized spacial score (nSPS) is 11.6. The highest BCUT2D eigenvalue weighted by Gasteiger charge is 2.22. The fraction of sp³-hybridized carbons (Fsp3) is 0.316. The molecule has 0 fully saturated rings.